The van der Waals surface area contributed by atoms with Crippen LogP contribution in [0.5, 0.6) is 5.75 Å². The summed E-state index contributed by atoms with van der Waals surface area (Å²) in [5, 5.41) is 23.6. The number of aliphatic hydroxyl groups is 1. The summed E-state index contributed by atoms with van der Waals surface area (Å²) in [4.78, 5) is 47.3. The normalized spacial score (nSPS) is 21.7. The molecule has 0 radical (unpaired) electrons. The monoisotopic (exact) mass is 546 g/mol. The van der Waals surface area contributed by atoms with Crippen molar-refractivity contribution in [2.45, 2.75) is 44.7 Å². The number of non-ortho nitro benzene ring substituents is 1. The third-order valence-electron chi connectivity index (χ3n) is 5.11. The number of hydrogen-bond acceptors (Lipinski definition) is 11. The summed E-state index contributed by atoms with van der Waals surface area (Å²) in [6.07, 6.45) is -3.18. The number of nitro benzene ring substituents is 1. The van der Waals surface area contributed by atoms with E-state index in [2.05, 4.69) is 5.09 Å². The van der Waals surface area contributed by atoms with Gasteiger partial charge in [0.1, 0.15) is 24.1 Å². The summed E-state index contributed by atoms with van der Waals surface area (Å²) in [5.41, 5.74) is -2.44. The molecule has 1 aromatic heterocycles. The molecular weight excluding hydrogens is 522 g/mol. The Balaban J connectivity index is 1.76. The third kappa shape index (κ3) is 7.08. The van der Waals surface area contributed by atoms with E-state index in [1.54, 1.807) is 11.9 Å². The number of carbonyl (C=O) groups excluding carboxylic acids is 1. The minimum atomic E-state index is -4.40. The predicted octanol–water partition coefficient (Wildman–Crippen LogP) is 0.977. The highest BCUT2D eigenvalue weighted by Crippen LogP contribution is 2.46. The first-order valence-electron chi connectivity index (χ1n) is 10.9. The Morgan fingerprint density at radius 2 is 2.08 bits per heavy atom. The zero-order valence-electron chi connectivity index (χ0n) is 19.6. The standard InChI is InChI=1S/C20H24FN4O11P/c1-3-33-19(28)11(2)23-37(32,36-13-6-4-12(5-7-13)25(30)31)34-10-16-15(26)8-17(35-16)24-9-14(21)18(27)22-20(24)29/h4-7,9,11,15-17,26H,3,8,10H2,1-2H3,(H,23,32)(H,22,27,29)/t11-,15-,16+,17+,37?/m0/s1. The lowest BCUT2D eigenvalue weighted by atomic mass is 10.2. The van der Waals surface area contributed by atoms with Crippen molar-refractivity contribution >= 4 is 19.4 Å². The number of ether oxygens (including phenoxy) is 2. The molecule has 1 unspecified atom stereocenters. The molecule has 202 valence electrons. The van der Waals surface area contributed by atoms with Gasteiger partial charge < -0.3 is 19.1 Å². The fourth-order valence-electron chi connectivity index (χ4n) is 3.30. The molecule has 5 atom stereocenters. The van der Waals surface area contributed by atoms with E-state index < -0.39 is 66.8 Å². The second-order valence-corrected chi connectivity index (χ2v) is 9.51. The van der Waals surface area contributed by atoms with Crippen LogP contribution in [0.25, 0.3) is 0 Å². The van der Waals surface area contributed by atoms with Crippen molar-refractivity contribution in [3.05, 3.63) is 67.2 Å². The third-order valence-corrected chi connectivity index (χ3v) is 6.76. The number of aromatic amines is 1. The molecule has 0 amide bonds. The Kier molecular flexibility index (Phi) is 8.94. The smallest absolute Gasteiger partial charge is 0.459 e. The van der Waals surface area contributed by atoms with Crippen molar-refractivity contribution in [1.82, 2.24) is 14.6 Å². The van der Waals surface area contributed by atoms with Crippen LogP contribution in [0.3, 0.4) is 0 Å². The Bertz CT molecular complexity index is 1300. The van der Waals surface area contributed by atoms with E-state index in [4.69, 9.17) is 18.5 Å². The van der Waals surface area contributed by atoms with E-state index in [0.29, 0.717) is 6.20 Å². The maximum atomic E-state index is 13.6. The average Bonchev–Trinajstić information content (AvgIpc) is 3.20. The molecular formula is C20H24FN4O11P. The van der Waals surface area contributed by atoms with E-state index >= 15 is 0 Å². The van der Waals surface area contributed by atoms with Gasteiger partial charge in [0, 0.05) is 18.6 Å². The van der Waals surface area contributed by atoms with Crippen LogP contribution in [0.2, 0.25) is 0 Å². The molecule has 1 aromatic carbocycles. The van der Waals surface area contributed by atoms with Crippen LogP contribution in [0.4, 0.5) is 10.1 Å². The number of nitro groups is 1. The Hall–Kier alpha value is -3.43. The van der Waals surface area contributed by atoms with Gasteiger partial charge in [0.05, 0.1) is 30.4 Å². The van der Waals surface area contributed by atoms with E-state index in [0.717, 1.165) is 16.7 Å². The Morgan fingerprint density at radius 1 is 1.41 bits per heavy atom. The Labute approximate surface area is 207 Å². The number of rotatable bonds is 11. The molecule has 37 heavy (non-hydrogen) atoms. The van der Waals surface area contributed by atoms with Crippen molar-refractivity contribution in [1.29, 1.82) is 0 Å². The van der Waals surface area contributed by atoms with E-state index in [1.807, 2.05) is 0 Å². The summed E-state index contributed by atoms with van der Waals surface area (Å²) in [7, 11) is -4.40. The molecule has 2 aromatic rings. The summed E-state index contributed by atoms with van der Waals surface area (Å²) < 4.78 is 49.1. The second-order valence-electron chi connectivity index (χ2n) is 7.81. The summed E-state index contributed by atoms with van der Waals surface area (Å²) >= 11 is 0. The van der Waals surface area contributed by atoms with E-state index in [-0.39, 0.29) is 24.5 Å². The summed E-state index contributed by atoms with van der Waals surface area (Å²) in [6.45, 7) is 2.38. The van der Waals surface area contributed by atoms with Crippen molar-refractivity contribution < 1.29 is 42.3 Å². The number of aliphatic hydroxyl groups excluding tert-OH is 1. The second kappa shape index (κ2) is 11.7. The molecule has 0 saturated carbocycles. The van der Waals surface area contributed by atoms with E-state index in [1.165, 1.54) is 19.1 Å². The summed E-state index contributed by atoms with van der Waals surface area (Å²) in [5.74, 6) is -2.11. The maximum absolute atomic E-state index is 13.6. The molecule has 2 heterocycles. The SMILES string of the molecule is CCOC(=O)[C@H](C)NP(=O)(OC[C@H]1O[C@@H](n2cc(F)c(=O)[nH]c2=O)C[C@@H]1O)Oc1ccc([N+](=O)[O-])cc1. The highest BCUT2D eigenvalue weighted by molar-refractivity contribution is 7.52. The van der Waals surface area contributed by atoms with Gasteiger partial charge in [-0.1, -0.05) is 0 Å². The fraction of sp³-hybridized carbons (Fsp3) is 0.450. The first-order valence-corrected chi connectivity index (χ1v) is 12.4. The van der Waals surface area contributed by atoms with Crippen LogP contribution in [-0.4, -0.2) is 57.0 Å². The number of benzene rings is 1. The first kappa shape index (κ1) is 28.1. The van der Waals surface area contributed by atoms with Gasteiger partial charge in [0.2, 0.25) is 5.82 Å². The molecule has 15 nitrogen and oxygen atoms in total. The molecule has 1 saturated heterocycles. The van der Waals surface area contributed by atoms with Crippen LogP contribution < -0.4 is 20.9 Å². The van der Waals surface area contributed by atoms with Gasteiger partial charge in [-0.2, -0.15) is 9.48 Å². The topological polar surface area (TPSA) is 201 Å². The molecule has 1 aliphatic rings. The number of nitrogens with one attached hydrogen (secondary N) is 2. The number of esters is 1. The van der Waals surface area contributed by atoms with Crippen LogP contribution in [-0.2, 0) is 23.4 Å². The lowest BCUT2D eigenvalue weighted by molar-refractivity contribution is -0.384. The molecule has 3 N–H and O–H groups in total. The molecule has 1 fully saturated rings. The van der Waals surface area contributed by atoms with Crippen LogP contribution >= 0.6 is 7.75 Å². The predicted molar refractivity (Wildman–Crippen MR) is 122 cm³/mol. The maximum Gasteiger partial charge on any atom is 0.459 e. The largest absolute Gasteiger partial charge is 0.465 e. The summed E-state index contributed by atoms with van der Waals surface area (Å²) in [6, 6.07) is 3.36. The van der Waals surface area contributed by atoms with E-state index in [9.17, 15) is 38.6 Å². The number of aromatic nitrogens is 2. The van der Waals surface area contributed by atoms with Gasteiger partial charge in [0.25, 0.3) is 11.2 Å². The number of hydrogen-bond donors (Lipinski definition) is 3. The lowest BCUT2D eigenvalue weighted by Crippen LogP contribution is -2.36. The number of carbonyl (C=O) groups is 1. The quantitative estimate of drug-likeness (QED) is 0.156. The Morgan fingerprint density at radius 3 is 2.70 bits per heavy atom. The minimum Gasteiger partial charge on any atom is -0.465 e. The van der Waals surface area contributed by atoms with Gasteiger partial charge in [-0.25, -0.2) is 9.36 Å². The zero-order valence-corrected chi connectivity index (χ0v) is 20.5. The van der Waals surface area contributed by atoms with Crippen molar-refractivity contribution in [3.63, 3.8) is 0 Å². The molecule has 0 bridgehead atoms. The molecule has 0 aliphatic carbocycles. The van der Waals surface area contributed by atoms with Crippen molar-refractivity contribution in [2.75, 3.05) is 13.2 Å². The van der Waals surface area contributed by atoms with Crippen LogP contribution in [0.15, 0.2) is 40.1 Å². The van der Waals surface area contributed by atoms with Gasteiger partial charge in [0.15, 0.2) is 0 Å². The highest BCUT2D eigenvalue weighted by atomic mass is 31.2. The molecule has 0 spiro atoms. The zero-order chi connectivity index (χ0) is 27.3. The fourth-order valence-corrected chi connectivity index (χ4v) is 4.80. The molecule has 1 aliphatic heterocycles. The average molecular weight is 546 g/mol. The van der Waals surface area contributed by atoms with Gasteiger partial charge >= 0.3 is 19.4 Å². The van der Waals surface area contributed by atoms with Crippen LogP contribution in [0, 0.1) is 15.9 Å². The van der Waals surface area contributed by atoms with Crippen molar-refractivity contribution in [3.8, 4) is 5.75 Å². The number of H-pyrrole nitrogens is 1. The molecule has 3 rings (SSSR count). The minimum absolute atomic E-state index is 0.0490. The lowest BCUT2D eigenvalue weighted by Gasteiger charge is -2.24. The highest BCUT2D eigenvalue weighted by Gasteiger charge is 2.39. The van der Waals surface area contributed by atoms with Gasteiger partial charge in [-0.15, -0.1) is 0 Å². The number of nitrogens with zero attached hydrogens (tertiary/aromatic N) is 2. The van der Waals surface area contributed by atoms with Gasteiger partial charge in [-0.3, -0.25) is 33.8 Å². The first-order chi connectivity index (χ1) is 17.4. The molecule has 17 heteroatoms. The van der Waals surface area contributed by atoms with Gasteiger partial charge in [-0.05, 0) is 26.0 Å². The number of halogens is 1. The van der Waals surface area contributed by atoms with Crippen LogP contribution in [0.1, 0.15) is 26.5 Å². The van der Waals surface area contributed by atoms with Crippen molar-refractivity contribution in [2.24, 2.45) is 0 Å².